The van der Waals surface area contributed by atoms with E-state index >= 15 is 0 Å². The van der Waals surface area contributed by atoms with E-state index < -0.39 is 0 Å². The molecular formula is C10H15NO2. The monoisotopic (exact) mass is 181 g/mol. The van der Waals surface area contributed by atoms with Gasteiger partial charge in [-0.1, -0.05) is 12.2 Å². The first kappa shape index (κ1) is 8.60. The van der Waals surface area contributed by atoms with Crippen molar-refractivity contribution in [3.63, 3.8) is 0 Å². The van der Waals surface area contributed by atoms with Gasteiger partial charge in [-0.15, -0.1) is 0 Å². The average molecular weight is 181 g/mol. The van der Waals surface area contributed by atoms with Crippen LogP contribution in [-0.2, 0) is 4.74 Å². The minimum Gasteiger partial charge on any atom is -0.453 e. The van der Waals surface area contributed by atoms with Crippen molar-refractivity contribution in [2.45, 2.75) is 12.8 Å². The molecule has 1 aliphatic heterocycles. The van der Waals surface area contributed by atoms with Gasteiger partial charge in [0.15, 0.2) is 0 Å². The van der Waals surface area contributed by atoms with E-state index in [2.05, 4.69) is 12.2 Å². The highest BCUT2D eigenvalue weighted by molar-refractivity contribution is 5.67. The van der Waals surface area contributed by atoms with Gasteiger partial charge in [0, 0.05) is 13.1 Å². The van der Waals surface area contributed by atoms with Gasteiger partial charge in [-0.05, 0) is 24.7 Å². The third kappa shape index (κ3) is 1.55. The lowest BCUT2D eigenvalue weighted by Crippen LogP contribution is -2.28. The summed E-state index contributed by atoms with van der Waals surface area (Å²) in [5.74, 6) is 1.34. The first-order chi connectivity index (χ1) is 6.31. The van der Waals surface area contributed by atoms with Crippen molar-refractivity contribution in [2.75, 3.05) is 20.2 Å². The zero-order valence-corrected chi connectivity index (χ0v) is 7.90. The number of rotatable bonds is 0. The van der Waals surface area contributed by atoms with Crippen LogP contribution in [0.15, 0.2) is 12.2 Å². The second-order valence-corrected chi connectivity index (χ2v) is 3.84. The maximum Gasteiger partial charge on any atom is 0.409 e. The minimum atomic E-state index is -0.172. The van der Waals surface area contributed by atoms with Gasteiger partial charge in [0.2, 0.25) is 0 Å². The summed E-state index contributed by atoms with van der Waals surface area (Å²) in [6.45, 7) is 1.75. The van der Waals surface area contributed by atoms with Crippen molar-refractivity contribution in [1.82, 2.24) is 4.90 Å². The summed E-state index contributed by atoms with van der Waals surface area (Å²) in [6, 6.07) is 0. The van der Waals surface area contributed by atoms with Gasteiger partial charge >= 0.3 is 6.09 Å². The summed E-state index contributed by atoms with van der Waals surface area (Å²) >= 11 is 0. The van der Waals surface area contributed by atoms with Gasteiger partial charge < -0.3 is 9.64 Å². The molecule has 0 N–H and O–H groups in total. The van der Waals surface area contributed by atoms with E-state index in [1.807, 2.05) is 4.90 Å². The summed E-state index contributed by atoms with van der Waals surface area (Å²) in [5, 5.41) is 0. The number of carbonyl (C=O) groups is 1. The van der Waals surface area contributed by atoms with Crippen molar-refractivity contribution in [1.29, 1.82) is 0 Å². The number of likely N-dealkylation sites (tertiary alicyclic amines) is 1. The Balaban J connectivity index is 1.98. The van der Waals surface area contributed by atoms with Crippen molar-refractivity contribution < 1.29 is 9.53 Å². The highest BCUT2D eigenvalue weighted by atomic mass is 16.5. The van der Waals surface area contributed by atoms with E-state index in [9.17, 15) is 4.79 Å². The maximum absolute atomic E-state index is 11.2. The molecule has 0 bridgehead atoms. The molecule has 1 heterocycles. The molecular weight excluding hydrogens is 166 g/mol. The van der Waals surface area contributed by atoms with E-state index in [1.165, 1.54) is 7.11 Å². The van der Waals surface area contributed by atoms with Crippen molar-refractivity contribution in [3.05, 3.63) is 12.2 Å². The van der Waals surface area contributed by atoms with Gasteiger partial charge in [0.25, 0.3) is 0 Å². The van der Waals surface area contributed by atoms with E-state index in [-0.39, 0.29) is 6.09 Å². The first-order valence-corrected chi connectivity index (χ1v) is 4.79. The molecule has 0 radical (unpaired) electrons. The largest absolute Gasteiger partial charge is 0.453 e. The molecule has 0 aromatic rings. The molecule has 2 atom stereocenters. The smallest absolute Gasteiger partial charge is 0.409 e. The minimum absolute atomic E-state index is 0.172. The van der Waals surface area contributed by atoms with Crippen LogP contribution in [0.25, 0.3) is 0 Å². The Hall–Kier alpha value is -0.990. The van der Waals surface area contributed by atoms with Crippen LogP contribution in [0, 0.1) is 11.8 Å². The SMILES string of the molecule is COC(=O)N1CC2CC=CCC2C1. The predicted molar refractivity (Wildman–Crippen MR) is 49.3 cm³/mol. The number of hydrogen-bond acceptors (Lipinski definition) is 2. The normalized spacial score (nSPS) is 31.6. The number of fused-ring (bicyclic) bond motifs is 1. The third-order valence-electron chi connectivity index (χ3n) is 3.05. The van der Waals surface area contributed by atoms with Gasteiger partial charge in [0.05, 0.1) is 7.11 Å². The molecule has 0 spiro atoms. The number of amides is 1. The molecule has 1 fully saturated rings. The third-order valence-corrected chi connectivity index (χ3v) is 3.05. The van der Waals surface area contributed by atoms with E-state index in [4.69, 9.17) is 4.74 Å². The lowest BCUT2D eigenvalue weighted by Gasteiger charge is -2.17. The summed E-state index contributed by atoms with van der Waals surface area (Å²) in [4.78, 5) is 13.1. The van der Waals surface area contributed by atoms with Crippen LogP contribution >= 0.6 is 0 Å². The fraction of sp³-hybridized carbons (Fsp3) is 0.700. The van der Waals surface area contributed by atoms with Crippen molar-refractivity contribution >= 4 is 6.09 Å². The topological polar surface area (TPSA) is 29.5 Å². The van der Waals surface area contributed by atoms with Crippen LogP contribution < -0.4 is 0 Å². The number of methoxy groups -OCH3 is 1. The van der Waals surface area contributed by atoms with Crippen LogP contribution in [0.3, 0.4) is 0 Å². The van der Waals surface area contributed by atoms with Gasteiger partial charge in [-0.25, -0.2) is 4.79 Å². The number of allylic oxidation sites excluding steroid dienone is 2. The van der Waals surface area contributed by atoms with Crippen LogP contribution in [0.2, 0.25) is 0 Å². The number of ether oxygens (including phenoxy) is 1. The number of nitrogens with zero attached hydrogens (tertiary/aromatic N) is 1. The van der Waals surface area contributed by atoms with Gasteiger partial charge in [-0.2, -0.15) is 0 Å². The van der Waals surface area contributed by atoms with Crippen molar-refractivity contribution in [3.8, 4) is 0 Å². The zero-order valence-electron chi connectivity index (χ0n) is 7.90. The second kappa shape index (κ2) is 3.40. The van der Waals surface area contributed by atoms with Crippen LogP contribution in [0.4, 0.5) is 4.79 Å². The lowest BCUT2D eigenvalue weighted by molar-refractivity contribution is 0.131. The Morgan fingerprint density at radius 3 is 2.31 bits per heavy atom. The van der Waals surface area contributed by atoms with Crippen LogP contribution in [-0.4, -0.2) is 31.2 Å². The highest BCUT2D eigenvalue weighted by Crippen LogP contribution is 2.32. The molecule has 2 unspecified atom stereocenters. The van der Waals surface area contributed by atoms with Crippen LogP contribution in [0.1, 0.15) is 12.8 Å². The predicted octanol–water partition coefficient (Wildman–Crippen LogP) is 1.65. The molecule has 0 aromatic carbocycles. The molecule has 13 heavy (non-hydrogen) atoms. The quantitative estimate of drug-likeness (QED) is 0.532. The summed E-state index contributed by atoms with van der Waals surface area (Å²) in [7, 11) is 1.45. The van der Waals surface area contributed by atoms with Crippen LogP contribution in [0.5, 0.6) is 0 Å². The number of carbonyl (C=O) groups excluding carboxylic acids is 1. The Kier molecular flexibility index (Phi) is 2.25. The summed E-state index contributed by atoms with van der Waals surface area (Å²) < 4.78 is 4.71. The zero-order chi connectivity index (χ0) is 9.26. The Morgan fingerprint density at radius 2 is 1.85 bits per heavy atom. The molecule has 1 saturated heterocycles. The molecule has 2 rings (SSSR count). The fourth-order valence-electron chi connectivity index (χ4n) is 2.29. The van der Waals surface area contributed by atoms with E-state index in [0.717, 1.165) is 25.9 Å². The highest BCUT2D eigenvalue weighted by Gasteiger charge is 2.35. The number of hydrogen-bond donors (Lipinski definition) is 0. The molecule has 0 saturated carbocycles. The second-order valence-electron chi connectivity index (χ2n) is 3.84. The Morgan fingerprint density at radius 1 is 1.31 bits per heavy atom. The van der Waals surface area contributed by atoms with E-state index in [0.29, 0.717) is 11.8 Å². The van der Waals surface area contributed by atoms with E-state index in [1.54, 1.807) is 0 Å². The summed E-state index contributed by atoms with van der Waals surface area (Å²) in [6.07, 6.45) is 6.52. The summed E-state index contributed by atoms with van der Waals surface area (Å²) in [5.41, 5.74) is 0. The first-order valence-electron chi connectivity index (χ1n) is 4.79. The molecule has 3 nitrogen and oxygen atoms in total. The Bertz CT molecular complexity index is 221. The molecule has 1 aliphatic carbocycles. The Labute approximate surface area is 78.4 Å². The molecule has 72 valence electrons. The maximum atomic E-state index is 11.2. The molecule has 1 amide bonds. The lowest BCUT2D eigenvalue weighted by atomic mass is 9.86. The molecule has 0 aromatic heterocycles. The standard InChI is InChI=1S/C10H15NO2/c1-13-10(12)11-6-8-4-2-3-5-9(8)7-11/h2-3,8-9H,4-7H2,1H3. The van der Waals surface area contributed by atoms with Gasteiger partial charge in [0.1, 0.15) is 0 Å². The average Bonchev–Trinajstić information content (AvgIpc) is 2.59. The van der Waals surface area contributed by atoms with Crippen molar-refractivity contribution in [2.24, 2.45) is 11.8 Å². The molecule has 2 aliphatic rings. The molecule has 3 heteroatoms. The fourth-order valence-corrected chi connectivity index (χ4v) is 2.29. The van der Waals surface area contributed by atoms with Gasteiger partial charge in [-0.3, -0.25) is 0 Å².